The SMILES string of the molecule is COc1ccccc1Oc1ccc(NC(=O)CN2C(=O)CSC=C2c2ccccc2)cn1. The highest BCUT2D eigenvalue weighted by atomic mass is 32.2. The standard InChI is InChI=1S/C24H21N3O4S/c1-30-20-9-5-6-10-21(20)31-23-12-11-18(13-25-23)26-22(28)14-27-19(15-32-16-24(27)29)17-7-3-2-4-8-17/h2-13,15H,14,16H2,1H3,(H,26,28). The fourth-order valence-electron chi connectivity index (χ4n) is 3.15. The van der Waals surface area contributed by atoms with Gasteiger partial charge in [-0.1, -0.05) is 42.5 Å². The van der Waals surface area contributed by atoms with Gasteiger partial charge in [-0.15, -0.1) is 11.8 Å². The average Bonchev–Trinajstić information content (AvgIpc) is 2.82. The predicted molar refractivity (Wildman–Crippen MR) is 125 cm³/mol. The van der Waals surface area contributed by atoms with Gasteiger partial charge in [-0.25, -0.2) is 4.98 Å². The number of methoxy groups -OCH3 is 1. The summed E-state index contributed by atoms with van der Waals surface area (Å²) in [5, 5.41) is 4.70. The van der Waals surface area contributed by atoms with Crippen molar-refractivity contribution in [2.24, 2.45) is 0 Å². The van der Waals surface area contributed by atoms with Crippen LogP contribution in [-0.2, 0) is 9.59 Å². The minimum Gasteiger partial charge on any atom is -0.493 e. The summed E-state index contributed by atoms with van der Waals surface area (Å²) in [7, 11) is 1.57. The number of pyridine rings is 1. The Labute approximate surface area is 190 Å². The van der Waals surface area contributed by atoms with E-state index in [9.17, 15) is 9.59 Å². The first-order chi connectivity index (χ1) is 15.6. The Bertz CT molecular complexity index is 1130. The Morgan fingerprint density at radius 3 is 2.53 bits per heavy atom. The van der Waals surface area contributed by atoms with E-state index in [4.69, 9.17) is 9.47 Å². The zero-order chi connectivity index (χ0) is 22.3. The van der Waals surface area contributed by atoms with Crippen LogP contribution in [0, 0.1) is 0 Å². The van der Waals surface area contributed by atoms with E-state index in [-0.39, 0.29) is 18.4 Å². The van der Waals surface area contributed by atoms with Gasteiger partial charge in [0.2, 0.25) is 17.7 Å². The van der Waals surface area contributed by atoms with Crippen molar-refractivity contribution < 1.29 is 19.1 Å². The maximum atomic E-state index is 12.6. The molecule has 0 unspecified atom stereocenters. The molecule has 2 aromatic carbocycles. The number of hydrogen-bond acceptors (Lipinski definition) is 6. The quantitative estimate of drug-likeness (QED) is 0.578. The van der Waals surface area contributed by atoms with Crippen molar-refractivity contribution in [1.29, 1.82) is 0 Å². The molecule has 1 N–H and O–H groups in total. The normalized spacial score (nSPS) is 13.3. The van der Waals surface area contributed by atoms with Crippen LogP contribution in [-0.4, -0.2) is 41.1 Å². The molecule has 4 rings (SSSR count). The topological polar surface area (TPSA) is 80.8 Å². The number of hydrogen-bond donors (Lipinski definition) is 1. The molecule has 0 saturated heterocycles. The van der Waals surface area contributed by atoms with E-state index in [0.717, 1.165) is 11.3 Å². The molecule has 32 heavy (non-hydrogen) atoms. The van der Waals surface area contributed by atoms with Crippen LogP contribution in [0.3, 0.4) is 0 Å². The minimum absolute atomic E-state index is 0.0837. The second kappa shape index (κ2) is 10.0. The summed E-state index contributed by atoms with van der Waals surface area (Å²) in [4.78, 5) is 30.9. The fraction of sp³-hybridized carbons (Fsp3) is 0.125. The number of anilines is 1. The number of nitrogens with zero attached hydrogens (tertiary/aromatic N) is 2. The van der Waals surface area contributed by atoms with Gasteiger partial charge in [0.25, 0.3) is 0 Å². The lowest BCUT2D eigenvalue weighted by Gasteiger charge is -2.28. The molecule has 7 nitrogen and oxygen atoms in total. The van der Waals surface area contributed by atoms with Gasteiger partial charge < -0.3 is 19.7 Å². The van der Waals surface area contributed by atoms with Gasteiger partial charge in [0.05, 0.1) is 30.4 Å². The summed E-state index contributed by atoms with van der Waals surface area (Å²) >= 11 is 1.43. The van der Waals surface area contributed by atoms with E-state index in [2.05, 4.69) is 10.3 Å². The van der Waals surface area contributed by atoms with Crippen LogP contribution >= 0.6 is 11.8 Å². The first-order valence-electron chi connectivity index (χ1n) is 9.88. The first-order valence-corrected chi connectivity index (χ1v) is 10.9. The number of nitrogens with one attached hydrogen (secondary N) is 1. The predicted octanol–water partition coefficient (Wildman–Crippen LogP) is 4.40. The molecular formula is C24H21N3O4S. The van der Waals surface area contributed by atoms with E-state index in [1.165, 1.54) is 22.9 Å². The summed E-state index contributed by atoms with van der Waals surface area (Å²) in [6, 6.07) is 20.2. The molecule has 0 spiro atoms. The molecule has 2 heterocycles. The summed E-state index contributed by atoms with van der Waals surface area (Å²) in [5.74, 6) is 1.39. The zero-order valence-corrected chi connectivity index (χ0v) is 18.2. The third-order valence-electron chi connectivity index (χ3n) is 4.67. The smallest absolute Gasteiger partial charge is 0.244 e. The summed E-state index contributed by atoms with van der Waals surface area (Å²) in [6.07, 6.45) is 1.50. The number of ether oxygens (including phenoxy) is 2. The number of carbonyl (C=O) groups is 2. The highest BCUT2D eigenvalue weighted by Crippen LogP contribution is 2.30. The lowest BCUT2D eigenvalue weighted by atomic mass is 10.1. The van der Waals surface area contributed by atoms with Gasteiger partial charge in [0.15, 0.2) is 11.5 Å². The molecule has 1 aromatic heterocycles. The molecule has 162 valence electrons. The molecule has 3 aromatic rings. The highest BCUT2D eigenvalue weighted by Gasteiger charge is 2.25. The number of aromatic nitrogens is 1. The number of thioether (sulfide) groups is 1. The molecule has 8 heteroatoms. The summed E-state index contributed by atoms with van der Waals surface area (Å²) in [6.45, 7) is -0.0837. The number of benzene rings is 2. The molecule has 1 aliphatic heterocycles. The molecular weight excluding hydrogens is 426 g/mol. The third-order valence-corrected chi connectivity index (χ3v) is 5.47. The molecule has 0 aliphatic carbocycles. The number of para-hydroxylation sites is 2. The Hall–Kier alpha value is -3.78. The first kappa shape index (κ1) is 21.5. The number of rotatable bonds is 7. The van der Waals surface area contributed by atoms with Crippen LogP contribution in [0.5, 0.6) is 17.4 Å². The van der Waals surface area contributed by atoms with Crippen LogP contribution in [0.15, 0.2) is 78.3 Å². The Morgan fingerprint density at radius 2 is 1.81 bits per heavy atom. The second-order valence-electron chi connectivity index (χ2n) is 6.85. The Balaban J connectivity index is 1.41. The fourth-order valence-corrected chi connectivity index (χ4v) is 3.95. The van der Waals surface area contributed by atoms with Crippen LogP contribution in [0.2, 0.25) is 0 Å². The van der Waals surface area contributed by atoms with Crippen molar-refractivity contribution in [3.05, 3.63) is 83.9 Å². The third kappa shape index (κ3) is 5.09. The van der Waals surface area contributed by atoms with Crippen LogP contribution in [0.1, 0.15) is 5.56 Å². The van der Waals surface area contributed by atoms with Gasteiger partial charge in [0, 0.05) is 6.07 Å². The van der Waals surface area contributed by atoms with E-state index < -0.39 is 0 Å². The van der Waals surface area contributed by atoms with Gasteiger partial charge >= 0.3 is 0 Å². The van der Waals surface area contributed by atoms with Crippen LogP contribution in [0.25, 0.3) is 5.70 Å². The van der Waals surface area contributed by atoms with E-state index in [0.29, 0.717) is 28.8 Å². The van der Waals surface area contributed by atoms with Crippen LogP contribution < -0.4 is 14.8 Å². The molecule has 2 amide bonds. The van der Waals surface area contributed by atoms with Gasteiger partial charge in [-0.05, 0) is 29.2 Å². The van der Waals surface area contributed by atoms with Crippen molar-refractivity contribution in [3.63, 3.8) is 0 Å². The summed E-state index contributed by atoms with van der Waals surface area (Å²) in [5.41, 5.74) is 2.12. The lowest BCUT2D eigenvalue weighted by Crippen LogP contribution is -2.39. The Kier molecular flexibility index (Phi) is 6.72. The molecule has 0 atom stereocenters. The number of carbonyl (C=O) groups excluding carboxylic acids is 2. The van der Waals surface area contributed by atoms with E-state index >= 15 is 0 Å². The van der Waals surface area contributed by atoms with Crippen molar-refractivity contribution in [3.8, 4) is 17.4 Å². The molecule has 0 saturated carbocycles. The van der Waals surface area contributed by atoms with Crippen LogP contribution in [0.4, 0.5) is 5.69 Å². The molecule has 0 fully saturated rings. The highest BCUT2D eigenvalue weighted by molar-refractivity contribution is 8.03. The lowest BCUT2D eigenvalue weighted by molar-refractivity contribution is -0.129. The largest absolute Gasteiger partial charge is 0.493 e. The van der Waals surface area contributed by atoms with Crippen molar-refractivity contribution in [1.82, 2.24) is 9.88 Å². The molecule has 0 bridgehead atoms. The number of amides is 2. The van der Waals surface area contributed by atoms with Crippen molar-refractivity contribution >= 4 is 35.0 Å². The van der Waals surface area contributed by atoms with Gasteiger partial charge in [-0.2, -0.15) is 0 Å². The minimum atomic E-state index is -0.313. The Morgan fingerprint density at radius 1 is 1.06 bits per heavy atom. The van der Waals surface area contributed by atoms with Crippen molar-refractivity contribution in [2.45, 2.75) is 0 Å². The van der Waals surface area contributed by atoms with Crippen molar-refractivity contribution in [2.75, 3.05) is 24.7 Å². The summed E-state index contributed by atoms with van der Waals surface area (Å²) < 4.78 is 11.0. The van der Waals surface area contributed by atoms with Gasteiger partial charge in [-0.3, -0.25) is 9.59 Å². The van der Waals surface area contributed by atoms with Gasteiger partial charge in [0.1, 0.15) is 6.54 Å². The second-order valence-corrected chi connectivity index (χ2v) is 7.70. The molecule has 0 radical (unpaired) electrons. The maximum absolute atomic E-state index is 12.6. The van der Waals surface area contributed by atoms with E-state index in [1.807, 2.05) is 47.9 Å². The molecule has 1 aliphatic rings. The monoisotopic (exact) mass is 447 g/mol. The van der Waals surface area contributed by atoms with E-state index in [1.54, 1.807) is 31.4 Å². The average molecular weight is 448 g/mol. The maximum Gasteiger partial charge on any atom is 0.244 e. The zero-order valence-electron chi connectivity index (χ0n) is 17.4.